The Morgan fingerprint density at radius 1 is 1.16 bits per heavy atom. The zero-order valence-electron chi connectivity index (χ0n) is 20.5. The number of ether oxygens (including phenoxy) is 3. The van der Waals surface area contributed by atoms with Crippen LogP contribution in [-0.4, -0.2) is 57.5 Å². The largest absolute Gasteiger partial charge is 0.481 e. The standard InChI is InChI=1S/C26H27N7O4/c1-35-22-5-3-18-23(31-22)17(19(12-27)33-32-18)6-7-26-10-8-25(9-11-26,15-37-26)28-13-16-2-4-20-24(29-16)30-21(34)14-36-20/h2-5,28H,6-11,13-15H2,1H3,(H,29,30,34). The van der Waals surface area contributed by atoms with E-state index in [1.165, 1.54) is 0 Å². The number of fused-ring (bicyclic) bond motifs is 5. The van der Waals surface area contributed by atoms with Crippen LogP contribution >= 0.6 is 0 Å². The molecule has 7 rings (SSSR count). The Kier molecular flexibility index (Phi) is 5.85. The summed E-state index contributed by atoms with van der Waals surface area (Å²) in [5.41, 5.74) is 2.90. The van der Waals surface area contributed by atoms with Crippen LogP contribution in [0.25, 0.3) is 11.0 Å². The Morgan fingerprint density at radius 2 is 2.03 bits per heavy atom. The number of rotatable bonds is 7. The molecule has 2 N–H and O–H groups in total. The van der Waals surface area contributed by atoms with Gasteiger partial charge in [0, 0.05) is 23.7 Å². The van der Waals surface area contributed by atoms with E-state index in [9.17, 15) is 10.1 Å². The zero-order chi connectivity index (χ0) is 25.5. The Balaban J connectivity index is 1.12. The summed E-state index contributed by atoms with van der Waals surface area (Å²) in [6.07, 6.45) is 5.24. The van der Waals surface area contributed by atoms with Gasteiger partial charge in [0.2, 0.25) is 5.88 Å². The summed E-state index contributed by atoms with van der Waals surface area (Å²) in [5, 5.41) is 24.4. The highest BCUT2D eigenvalue weighted by molar-refractivity contribution is 5.94. The van der Waals surface area contributed by atoms with E-state index in [0.717, 1.165) is 43.4 Å². The van der Waals surface area contributed by atoms with Gasteiger partial charge < -0.3 is 24.8 Å². The number of hydrogen-bond donors (Lipinski definition) is 2. The third-order valence-electron chi connectivity index (χ3n) is 7.77. The molecule has 2 bridgehead atoms. The topological polar surface area (TPSA) is 144 Å². The summed E-state index contributed by atoms with van der Waals surface area (Å²) in [4.78, 5) is 20.7. The van der Waals surface area contributed by atoms with Crippen LogP contribution in [0.3, 0.4) is 0 Å². The minimum Gasteiger partial charge on any atom is -0.481 e. The molecule has 0 atom stereocenters. The predicted molar refractivity (Wildman–Crippen MR) is 132 cm³/mol. The first-order valence-electron chi connectivity index (χ1n) is 12.4. The lowest BCUT2D eigenvalue weighted by atomic mass is 9.69. The lowest BCUT2D eigenvalue weighted by Crippen LogP contribution is -2.61. The highest BCUT2D eigenvalue weighted by atomic mass is 16.5. The van der Waals surface area contributed by atoms with Crippen LogP contribution in [0.2, 0.25) is 0 Å². The van der Waals surface area contributed by atoms with Crippen LogP contribution < -0.4 is 20.1 Å². The first-order valence-corrected chi connectivity index (χ1v) is 12.4. The summed E-state index contributed by atoms with van der Waals surface area (Å²) >= 11 is 0. The lowest BCUT2D eigenvalue weighted by Gasteiger charge is -2.53. The van der Waals surface area contributed by atoms with E-state index in [0.29, 0.717) is 53.7 Å². The number of nitriles is 1. The van der Waals surface area contributed by atoms with Gasteiger partial charge in [-0.3, -0.25) is 4.79 Å². The smallest absolute Gasteiger partial charge is 0.263 e. The van der Waals surface area contributed by atoms with E-state index in [2.05, 4.69) is 36.9 Å². The number of aryl methyl sites for hydroxylation is 1. The van der Waals surface area contributed by atoms with E-state index in [1.807, 2.05) is 18.2 Å². The van der Waals surface area contributed by atoms with Crippen molar-refractivity contribution >= 4 is 22.8 Å². The molecule has 190 valence electrons. The second-order valence-electron chi connectivity index (χ2n) is 9.95. The molecule has 1 amide bonds. The fraction of sp³-hybridized carbons (Fsp3) is 0.462. The number of nitrogens with one attached hydrogen (secondary N) is 2. The maximum Gasteiger partial charge on any atom is 0.263 e. The normalized spacial score (nSPS) is 24.2. The van der Waals surface area contributed by atoms with Crippen molar-refractivity contribution in [1.29, 1.82) is 5.26 Å². The lowest BCUT2D eigenvalue weighted by molar-refractivity contribution is -0.165. The number of hydrogen-bond acceptors (Lipinski definition) is 10. The van der Waals surface area contributed by atoms with Crippen LogP contribution in [0.1, 0.15) is 49.1 Å². The third kappa shape index (κ3) is 4.43. The van der Waals surface area contributed by atoms with Crippen molar-refractivity contribution in [1.82, 2.24) is 25.5 Å². The van der Waals surface area contributed by atoms with E-state index < -0.39 is 0 Å². The molecule has 3 fully saturated rings. The van der Waals surface area contributed by atoms with Crippen LogP contribution in [0.5, 0.6) is 11.6 Å². The number of nitrogens with zero attached hydrogens (tertiary/aromatic N) is 5. The van der Waals surface area contributed by atoms with E-state index >= 15 is 0 Å². The monoisotopic (exact) mass is 501 g/mol. The Hall–Kier alpha value is -3.88. The van der Waals surface area contributed by atoms with Crippen molar-refractivity contribution in [2.75, 3.05) is 25.6 Å². The molecule has 11 nitrogen and oxygen atoms in total. The van der Waals surface area contributed by atoms with Crippen LogP contribution in [0, 0.1) is 11.3 Å². The molecule has 3 aromatic heterocycles. The predicted octanol–water partition coefficient (Wildman–Crippen LogP) is 2.44. The fourth-order valence-electron chi connectivity index (χ4n) is 5.50. The van der Waals surface area contributed by atoms with Crippen LogP contribution in [-0.2, 0) is 22.5 Å². The number of methoxy groups -OCH3 is 1. The summed E-state index contributed by atoms with van der Waals surface area (Å²) in [5.74, 6) is 1.35. The van der Waals surface area contributed by atoms with Crippen molar-refractivity contribution in [3.8, 4) is 17.7 Å². The molecule has 1 saturated carbocycles. The van der Waals surface area contributed by atoms with Gasteiger partial charge in [0.1, 0.15) is 17.1 Å². The first-order chi connectivity index (χ1) is 18.0. The van der Waals surface area contributed by atoms with Gasteiger partial charge in [0.05, 0.1) is 25.0 Å². The summed E-state index contributed by atoms with van der Waals surface area (Å²) in [6, 6.07) is 9.49. The van der Waals surface area contributed by atoms with E-state index in [4.69, 9.17) is 14.2 Å². The van der Waals surface area contributed by atoms with Gasteiger partial charge in [-0.2, -0.15) is 5.26 Å². The first kappa shape index (κ1) is 23.5. The van der Waals surface area contributed by atoms with Crippen LogP contribution in [0.15, 0.2) is 24.3 Å². The average molecular weight is 502 g/mol. The highest BCUT2D eigenvalue weighted by Gasteiger charge is 2.49. The number of pyridine rings is 2. The number of carbonyl (C=O) groups is 1. The molecule has 4 aliphatic rings. The van der Waals surface area contributed by atoms with Gasteiger partial charge in [-0.1, -0.05) is 0 Å². The molecule has 11 heteroatoms. The molecule has 0 unspecified atom stereocenters. The number of anilines is 1. The van der Waals surface area contributed by atoms with Crippen molar-refractivity contribution in [2.24, 2.45) is 0 Å². The van der Waals surface area contributed by atoms with E-state index in [-0.39, 0.29) is 23.7 Å². The third-order valence-corrected chi connectivity index (χ3v) is 7.77. The molecule has 1 aliphatic carbocycles. The van der Waals surface area contributed by atoms with Crippen molar-refractivity contribution in [3.05, 3.63) is 41.2 Å². The van der Waals surface area contributed by atoms with Gasteiger partial charge in [-0.05, 0) is 56.7 Å². The number of carbonyl (C=O) groups excluding carboxylic acids is 1. The highest BCUT2D eigenvalue weighted by Crippen LogP contribution is 2.46. The quantitative estimate of drug-likeness (QED) is 0.495. The van der Waals surface area contributed by atoms with Gasteiger partial charge in [-0.15, -0.1) is 10.2 Å². The Bertz CT molecular complexity index is 1400. The molecule has 0 aromatic carbocycles. The maximum absolute atomic E-state index is 11.6. The SMILES string of the molecule is COc1ccc2nnc(C#N)c(CCC34CCC(NCc5ccc6c(n5)NC(=O)CO6)(CC3)CO4)c2n1. The number of amides is 1. The molecule has 37 heavy (non-hydrogen) atoms. The van der Waals surface area contributed by atoms with Gasteiger partial charge in [-0.25, -0.2) is 9.97 Å². The molecule has 3 aliphatic heterocycles. The number of aromatic nitrogens is 4. The van der Waals surface area contributed by atoms with Crippen molar-refractivity contribution in [3.63, 3.8) is 0 Å². The van der Waals surface area contributed by atoms with Gasteiger partial charge in [0.15, 0.2) is 23.9 Å². The second-order valence-corrected chi connectivity index (χ2v) is 9.95. The molecule has 3 aromatic rings. The summed E-state index contributed by atoms with van der Waals surface area (Å²) in [6.45, 7) is 1.21. The molecular weight excluding hydrogens is 474 g/mol. The minimum absolute atomic E-state index is 0.0188. The van der Waals surface area contributed by atoms with Gasteiger partial charge >= 0.3 is 0 Å². The second kappa shape index (κ2) is 9.21. The molecule has 2 saturated heterocycles. The van der Waals surface area contributed by atoms with Crippen molar-refractivity contribution < 1.29 is 19.0 Å². The minimum atomic E-state index is -0.226. The fourth-order valence-corrected chi connectivity index (χ4v) is 5.50. The average Bonchev–Trinajstić information content (AvgIpc) is 2.95. The molecule has 0 spiro atoms. The maximum atomic E-state index is 11.6. The Labute approximate surface area is 213 Å². The van der Waals surface area contributed by atoms with Crippen molar-refractivity contribution in [2.45, 2.75) is 56.2 Å². The molecule has 0 radical (unpaired) electrons. The molecule has 6 heterocycles. The van der Waals surface area contributed by atoms with Crippen LogP contribution in [0.4, 0.5) is 5.82 Å². The summed E-state index contributed by atoms with van der Waals surface area (Å²) < 4.78 is 17.2. The van der Waals surface area contributed by atoms with Gasteiger partial charge in [0.25, 0.3) is 5.91 Å². The zero-order valence-corrected chi connectivity index (χ0v) is 20.5. The molecular formula is C26H27N7O4. The Morgan fingerprint density at radius 3 is 2.78 bits per heavy atom. The summed E-state index contributed by atoms with van der Waals surface area (Å²) in [7, 11) is 1.57. The van der Waals surface area contributed by atoms with E-state index in [1.54, 1.807) is 13.2 Å².